The van der Waals surface area contributed by atoms with Gasteiger partial charge >= 0.3 is 0 Å². The van der Waals surface area contributed by atoms with Gasteiger partial charge < -0.3 is 9.84 Å². The fourth-order valence-corrected chi connectivity index (χ4v) is 4.08. The van der Waals surface area contributed by atoms with Crippen molar-refractivity contribution in [3.8, 4) is 11.3 Å². The lowest BCUT2D eigenvalue weighted by Crippen LogP contribution is -2.37. The van der Waals surface area contributed by atoms with E-state index in [0.717, 1.165) is 22.2 Å². The molecule has 2 heterocycles. The van der Waals surface area contributed by atoms with Crippen molar-refractivity contribution in [2.24, 2.45) is 0 Å². The Bertz CT molecular complexity index is 1220. The Balaban J connectivity index is 1.42. The number of hydrogen-bond acceptors (Lipinski definition) is 6. The van der Waals surface area contributed by atoms with Gasteiger partial charge in [0.15, 0.2) is 0 Å². The number of thioether (sulfide) groups is 1. The number of nitrogens with one attached hydrogen (secondary N) is 1. The van der Waals surface area contributed by atoms with E-state index >= 15 is 0 Å². The third-order valence-corrected chi connectivity index (χ3v) is 5.73. The molecule has 3 aromatic rings. The maximum Gasteiger partial charge on any atom is 0.293 e. The molecular weight excluding hydrogens is 433 g/mol. The van der Waals surface area contributed by atoms with Gasteiger partial charge in [-0.25, -0.2) is 4.39 Å². The van der Waals surface area contributed by atoms with E-state index in [2.05, 4.69) is 10.5 Å². The highest BCUT2D eigenvalue weighted by Crippen LogP contribution is 2.32. The van der Waals surface area contributed by atoms with Crippen molar-refractivity contribution in [2.45, 2.75) is 6.92 Å². The number of nitrogens with zero attached hydrogens (tertiary/aromatic N) is 2. The first-order valence-electron chi connectivity index (χ1n) is 9.75. The number of carbonyl (C=O) groups excluding carboxylic acids is 3. The van der Waals surface area contributed by atoms with Crippen LogP contribution in [0.5, 0.6) is 0 Å². The second-order valence-corrected chi connectivity index (χ2v) is 7.93. The first-order chi connectivity index (χ1) is 15.5. The van der Waals surface area contributed by atoms with Gasteiger partial charge in [0.1, 0.15) is 22.8 Å². The molecule has 0 aliphatic carbocycles. The molecule has 9 heteroatoms. The molecule has 1 fully saturated rings. The molecule has 2 aromatic carbocycles. The smallest absolute Gasteiger partial charge is 0.293 e. The second kappa shape index (κ2) is 9.19. The van der Waals surface area contributed by atoms with Crippen LogP contribution in [0.15, 0.2) is 64.0 Å². The van der Waals surface area contributed by atoms with Gasteiger partial charge in [-0.2, -0.15) is 0 Å². The van der Waals surface area contributed by atoms with Gasteiger partial charge in [-0.3, -0.25) is 19.3 Å². The van der Waals surface area contributed by atoms with Crippen LogP contribution in [0.3, 0.4) is 0 Å². The van der Waals surface area contributed by atoms with E-state index < -0.39 is 22.9 Å². The molecule has 3 amide bonds. The number of amides is 3. The average Bonchev–Trinajstić information content (AvgIpc) is 3.30. The molecular formula is C23H18FN3O4S. The summed E-state index contributed by atoms with van der Waals surface area (Å²) in [7, 11) is 0. The Hall–Kier alpha value is -3.72. The second-order valence-electron chi connectivity index (χ2n) is 6.94. The summed E-state index contributed by atoms with van der Waals surface area (Å²) in [5.41, 5.74) is 1.67. The molecule has 0 radical (unpaired) electrons. The lowest BCUT2D eigenvalue weighted by molar-refractivity contribution is -0.122. The molecule has 1 aliphatic heterocycles. The number of benzene rings is 2. The first kappa shape index (κ1) is 21.5. The molecule has 4 rings (SSSR count). The van der Waals surface area contributed by atoms with E-state index in [0.29, 0.717) is 17.0 Å². The number of hydrogen-bond donors (Lipinski definition) is 1. The third kappa shape index (κ3) is 4.33. The van der Waals surface area contributed by atoms with Crippen molar-refractivity contribution >= 4 is 34.9 Å². The fraction of sp³-hybridized carbons (Fsp3) is 0.130. The standard InChI is InChI=1S/C23H18FN3O4S/c1-14-19(20(26-31-14)15-7-3-2-4-8-15)21(28)25-11-12-27-22(29)18(32-23(27)30)13-16-9-5-6-10-17(16)24/h2-10,13H,11-12H2,1H3,(H,25,28)/b18-13-. The van der Waals surface area contributed by atoms with Gasteiger partial charge in [-0.15, -0.1) is 0 Å². The van der Waals surface area contributed by atoms with Crippen LogP contribution in [0.25, 0.3) is 17.3 Å². The number of rotatable bonds is 6. The van der Waals surface area contributed by atoms with Gasteiger partial charge in [0.25, 0.3) is 17.1 Å². The minimum absolute atomic E-state index is 0.0178. The Morgan fingerprint density at radius 1 is 1.16 bits per heavy atom. The van der Waals surface area contributed by atoms with Crippen LogP contribution in [0, 0.1) is 12.7 Å². The molecule has 7 nitrogen and oxygen atoms in total. The highest BCUT2D eigenvalue weighted by Gasteiger charge is 2.35. The Kier molecular flexibility index (Phi) is 6.18. The Morgan fingerprint density at radius 3 is 2.62 bits per heavy atom. The van der Waals surface area contributed by atoms with Crippen LogP contribution in [0.2, 0.25) is 0 Å². The maximum absolute atomic E-state index is 13.9. The normalized spacial score (nSPS) is 14.9. The van der Waals surface area contributed by atoms with Gasteiger partial charge in [-0.1, -0.05) is 53.7 Å². The number of aromatic nitrogens is 1. The minimum atomic E-state index is -0.524. The summed E-state index contributed by atoms with van der Waals surface area (Å²) in [6, 6.07) is 15.1. The quantitative estimate of drug-likeness (QED) is 0.563. The fourth-order valence-electron chi connectivity index (χ4n) is 3.23. The highest BCUT2D eigenvalue weighted by atomic mass is 32.2. The largest absolute Gasteiger partial charge is 0.360 e. The first-order valence-corrected chi connectivity index (χ1v) is 10.6. The molecule has 32 heavy (non-hydrogen) atoms. The average molecular weight is 451 g/mol. The third-order valence-electron chi connectivity index (χ3n) is 4.82. The van der Waals surface area contributed by atoms with Crippen LogP contribution in [-0.4, -0.2) is 40.2 Å². The van der Waals surface area contributed by atoms with E-state index in [1.807, 2.05) is 30.3 Å². The van der Waals surface area contributed by atoms with Crippen molar-refractivity contribution in [3.05, 3.63) is 82.2 Å². The molecule has 0 atom stereocenters. The minimum Gasteiger partial charge on any atom is -0.360 e. The predicted octanol–water partition coefficient (Wildman–Crippen LogP) is 4.26. The summed E-state index contributed by atoms with van der Waals surface area (Å²) in [5, 5.41) is 6.21. The summed E-state index contributed by atoms with van der Waals surface area (Å²) >= 11 is 0.738. The van der Waals surface area contributed by atoms with Crippen molar-refractivity contribution in [1.29, 1.82) is 0 Å². The molecule has 1 aliphatic rings. The summed E-state index contributed by atoms with van der Waals surface area (Å²) in [5.74, 6) is -1.06. The molecule has 1 aromatic heterocycles. The van der Waals surface area contributed by atoms with Crippen molar-refractivity contribution < 1.29 is 23.3 Å². The van der Waals surface area contributed by atoms with E-state index in [9.17, 15) is 18.8 Å². The number of halogens is 1. The molecule has 162 valence electrons. The maximum atomic E-state index is 13.9. The molecule has 0 bridgehead atoms. The molecule has 1 saturated heterocycles. The van der Waals surface area contributed by atoms with Crippen LogP contribution in [-0.2, 0) is 4.79 Å². The monoisotopic (exact) mass is 451 g/mol. The van der Waals surface area contributed by atoms with Crippen LogP contribution in [0.1, 0.15) is 21.7 Å². The van der Waals surface area contributed by atoms with E-state index in [4.69, 9.17) is 4.52 Å². The van der Waals surface area contributed by atoms with Crippen molar-refractivity contribution in [1.82, 2.24) is 15.4 Å². The Morgan fingerprint density at radius 2 is 1.88 bits per heavy atom. The topological polar surface area (TPSA) is 92.5 Å². The summed E-state index contributed by atoms with van der Waals surface area (Å²) < 4.78 is 19.0. The number of aryl methyl sites for hydroxylation is 1. The molecule has 1 N–H and O–H groups in total. The van der Waals surface area contributed by atoms with Gasteiger partial charge in [0.2, 0.25) is 0 Å². The molecule has 0 saturated carbocycles. The lowest BCUT2D eigenvalue weighted by atomic mass is 10.1. The number of carbonyl (C=O) groups is 3. The SMILES string of the molecule is Cc1onc(-c2ccccc2)c1C(=O)NCCN1C(=O)S/C(=C\c2ccccc2F)C1=O. The highest BCUT2D eigenvalue weighted by molar-refractivity contribution is 8.18. The predicted molar refractivity (Wildman–Crippen MR) is 118 cm³/mol. The zero-order chi connectivity index (χ0) is 22.7. The van der Waals surface area contributed by atoms with Crippen LogP contribution < -0.4 is 5.32 Å². The number of imide groups is 1. The van der Waals surface area contributed by atoms with E-state index in [1.165, 1.54) is 18.2 Å². The lowest BCUT2D eigenvalue weighted by Gasteiger charge is -2.13. The summed E-state index contributed by atoms with van der Waals surface area (Å²) in [6.07, 6.45) is 1.35. The van der Waals surface area contributed by atoms with Crippen LogP contribution >= 0.6 is 11.8 Å². The van der Waals surface area contributed by atoms with Crippen molar-refractivity contribution in [2.75, 3.05) is 13.1 Å². The molecule has 0 spiro atoms. The van der Waals surface area contributed by atoms with Gasteiger partial charge in [-0.05, 0) is 30.8 Å². The summed E-state index contributed by atoms with van der Waals surface area (Å²) in [6.45, 7) is 1.66. The van der Waals surface area contributed by atoms with Gasteiger partial charge in [0.05, 0.1) is 4.91 Å². The van der Waals surface area contributed by atoms with Gasteiger partial charge in [0, 0.05) is 24.2 Å². The van der Waals surface area contributed by atoms with E-state index in [-0.39, 0.29) is 23.6 Å². The van der Waals surface area contributed by atoms with Crippen LogP contribution in [0.4, 0.5) is 9.18 Å². The Labute approximate surface area is 187 Å². The zero-order valence-corrected chi connectivity index (χ0v) is 17.8. The van der Waals surface area contributed by atoms with Crippen molar-refractivity contribution in [3.63, 3.8) is 0 Å². The molecule has 0 unspecified atom stereocenters. The van der Waals surface area contributed by atoms with E-state index in [1.54, 1.807) is 19.1 Å². The summed E-state index contributed by atoms with van der Waals surface area (Å²) in [4.78, 5) is 38.7. The zero-order valence-electron chi connectivity index (χ0n) is 17.0.